The van der Waals surface area contributed by atoms with Gasteiger partial charge in [0, 0.05) is 17.8 Å². The summed E-state index contributed by atoms with van der Waals surface area (Å²) >= 11 is 6.60. The van der Waals surface area contributed by atoms with E-state index in [0.29, 0.717) is 0 Å². The maximum absolute atomic E-state index is 6.60. The van der Waals surface area contributed by atoms with E-state index in [1.165, 1.54) is 0 Å². The molecule has 0 aliphatic heterocycles. The summed E-state index contributed by atoms with van der Waals surface area (Å²) in [5.74, 6) is 0. The smallest absolute Gasteiger partial charge is 0.0677 e. The lowest BCUT2D eigenvalue weighted by Crippen LogP contribution is -2.23. The van der Waals surface area contributed by atoms with Crippen LogP contribution in [0.3, 0.4) is 0 Å². The summed E-state index contributed by atoms with van der Waals surface area (Å²) in [6, 6.07) is 14.2. The van der Waals surface area contributed by atoms with Crippen molar-refractivity contribution < 1.29 is 0 Å². The van der Waals surface area contributed by atoms with Gasteiger partial charge in [-0.2, -0.15) is 0 Å². The first-order valence-electron chi connectivity index (χ1n) is 5.72. The Balaban J connectivity index is 2.33. The number of alkyl halides is 1. The van der Waals surface area contributed by atoms with Crippen LogP contribution in [0.15, 0.2) is 54.9 Å². The van der Waals surface area contributed by atoms with Gasteiger partial charge in [0.05, 0.1) is 5.38 Å². The van der Waals surface area contributed by atoms with Gasteiger partial charge < -0.3 is 0 Å². The van der Waals surface area contributed by atoms with E-state index in [9.17, 15) is 0 Å². The SMILES string of the molecule is CC(C)(c1cccnc1)[C@@H](Cl)c1ccccc1. The molecule has 1 aromatic carbocycles. The van der Waals surface area contributed by atoms with Gasteiger partial charge in [0.2, 0.25) is 0 Å². The molecule has 1 atom stereocenters. The molecule has 0 radical (unpaired) electrons. The van der Waals surface area contributed by atoms with E-state index >= 15 is 0 Å². The van der Waals surface area contributed by atoms with Crippen LogP contribution < -0.4 is 0 Å². The van der Waals surface area contributed by atoms with E-state index in [1.54, 1.807) is 6.20 Å². The Bertz CT molecular complexity index is 465. The molecule has 0 N–H and O–H groups in total. The first kappa shape index (κ1) is 12.1. The van der Waals surface area contributed by atoms with E-state index in [-0.39, 0.29) is 10.8 Å². The molecule has 88 valence electrons. The summed E-state index contributed by atoms with van der Waals surface area (Å²) in [7, 11) is 0. The highest BCUT2D eigenvalue weighted by Gasteiger charge is 2.30. The predicted molar refractivity (Wildman–Crippen MR) is 72.3 cm³/mol. The molecular formula is C15H16ClN. The first-order chi connectivity index (χ1) is 8.12. The summed E-state index contributed by atoms with van der Waals surface area (Å²) in [5.41, 5.74) is 2.16. The third-order valence-corrected chi connectivity index (χ3v) is 3.93. The molecule has 1 aromatic heterocycles. The first-order valence-corrected chi connectivity index (χ1v) is 6.15. The van der Waals surface area contributed by atoms with Crippen LogP contribution in [-0.4, -0.2) is 4.98 Å². The van der Waals surface area contributed by atoms with Gasteiger partial charge in [0.1, 0.15) is 0 Å². The Labute approximate surface area is 107 Å². The molecule has 0 fully saturated rings. The minimum Gasteiger partial charge on any atom is -0.264 e. The molecule has 0 amide bonds. The van der Waals surface area contributed by atoms with Gasteiger partial charge in [0.15, 0.2) is 0 Å². The van der Waals surface area contributed by atoms with Crippen LogP contribution >= 0.6 is 11.6 Å². The van der Waals surface area contributed by atoms with E-state index in [0.717, 1.165) is 11.1 Å². The summed E-state index contributed by atoms with van der Waals surface area (Å²) < 4.78 is 0. The maximum Gasteiger partial charge on any atom is 0.0677 e. The van der Waals surface area contributed by atoms with Crippen molar-refractivity contribution in [3.05, 3.63) is 66.0 Å². The average Bonchev–Trinajstić information content (AvgIpc) is 2.40. The fourth-order valence-corrected chi connectivity index (χ4v) is 2.20. The van der Waals surface area contributed by atoms with Gasteiger partial charge in [-0.15, -0.1) is 11.6 Å². The third kappa shape index (κ3) is 2.50. The minimum absolute atomic E-state index is 0.0621. The zero-order valence-corrected chi connectivity index (χ0v) is 10.9. The fourth-order valence-electron chi connectivity index (χ4n) is 1.93. The largest absolute Gasteiger partial charge is 0.264 e. The van der Waals surface area contributed by atoms with Gasteiger partial charge in [-0.3, -0.25) is 4.98 Å². The lowest BCUT2D eigenvalue weighted by molar-refractivity contribution is 0.502. The lowest BCUT2D eigenvalue weighted by atomic mass is 9.79. The standard InChI is InChI=1S/C15H16ClN/c1-15(2,13-9-6-10-17-11-13)14(16)12-7-4-3-5-8-12/h3-11,14H,1-2H3/t14-/m0/s1. The molecule has 0 aliphatic rings. The Hall–Kier alpha value is -1.34. The van der Waals surface area contributed by atoms with Crippen LogP contribution in [0.4, 0.5) is 0 Å². The molecule has 1 nitrogen and oxygen atoms in total. The van der Waals surface area contributed by atoms with Gasteiger partial charge in [-0.05, 0) is 17.2 Å². The number of halogens is 1. The Kier molecular flexibility index (Phi) is 3.49. The fraction of sp³-hybridized carbons (Fsp3) is 0.267. The van der Waals surface area contributed by atoms with Gasteiger partial charge in [-0.25, -0.2) is 0 Å². The molecular weight excluding hydrogens is 230 g/mol. The van der Waals surface area contributed by atoms with Gasteiger partial charge in [-0.1, -0.05) is 50.2 Å². The highest BCUT2D eigenvalue weighted by Crippen LogP contribution is 2.40. The third-order valence-electron chi connectivity index (χ3n) is 3.13. The number of rotatable bonds is 3. The lowest BCUT2D eigenvalue weighted by Gasteiger charge is -2.30. The molecule has 0 saturated heterocycles. The topological polar surface area (TPSA) is 12.9 Å². The zero-order chi connectivity index (χ0) is 12.3. The molecule has 1 heterocycles. The van der Waals surface area contributed by atoms with E-state index in [1.807, 2.05) is 30.5 Å². The van der Waals surface area contributed by atoms with Crippen molar-refractivity contribution in [1.82, 2.24) is 4.98 Å². The second kappa shape index (κ2) is 4.89. The van der Waals surface area contributed by atoms with Crippen molar-refractivity contribution in [2.45, 2.75) is 24.6 Å². The number of aromatic nitrogens is 1. The Morgan fingerprint density at radius 2 is 1.76 bits per heavy atom. The van der Waals surface area contributed by atoms with Crippen LogP contribution in [0.5, 0.6) is 0 Å². The van der Waals surface area contributed by atoms with E-state index < -0.39 is 0 Å². The van der Waals surface area contributed by atoms with Crippen molar-refractivity contribution in [1.29, 1.82) is 0 Å². The summed E-state index contributed by atoms with van der Waals surface area (Å²) in [4.78, 5) is 4.17. The zero-order valence-electron chi connectivity index (χ0n) is 10.1. The molecule has 17 heavy (non-hydrogen) atoms. The molecule has 0 unspecified atom stereocenters. The number of hydrogen-bond donors (Lipinski definition) is 0. The Morgan fingerprint density at radius 3 is 2.35 bits per heavy atom. The van der Waals surface area contributed by atoms with E-state index in [4.69, 9.17) is 11.6 Å². The van der Waals surface area contributed by atoms with Crippen molar-refractivity contribution in [2.75, 3.05) is 0 Å². The van der Waals surface area contributed by atoms with Crippen molar-refractivity contribution >= 4 is 11.6 Å². The number of pyridine rings is 1. The number of hydrogen-bond acceptors (Lipinski definition) is 1. The highest BCUT2D eigenvalue weighted by molar-refractivity contribution is 6.21. The summed E-state index contributed by atoms with van der Waals surface area (Å²) in [6.45, 7) is 4.30. The van der Waals surface area contributed by atoms with Crippen LogP contribution in [0, 0.1) is 0 Å². The Morgan fingerprint density at radius 1 is 1.06 bits per heavy atom. The monoisotopic (exact) mass is 245 g/mol. The molecule has 2 heteroatoms. The van der Waals surface area contributed by atoms with Crippen molar-refractivity contribution in [2.24, 2.45) is 0 Å². The molecule has 0 aliphatic carbocycles. The maximum atomic E-state index is 6.60. The van der Waals surface area contributed by atoms with Crippen LogP contribution in [0.25, 0.3) is 0 Å². The highest BCUT2D eigenvalue weighted by atomic mass is 35.5. The van der Waals surface area contributed by atoms with Gasteiger partial charge in [0.25, 0.3) is 0 Å². The van der Waals surface area contributed by atoms with Crippen LogP contribution in [-0.2, 0) is 5.41 Å². The van der Waals surface area contributed by atoms with Crippen LogP contribution in [0.2, 0.25) is 0 Å². The second-order valence-electron chi connectivity index (χ2n) is 4.74. The number of nitrogens with zero attached hydrogens (tertiary/aromatic N) is 1. The average molecular weight is 246 g/mol. The van der Waals surface area contributed by atoms with Crippen LogP contribution in [0.1, 0.15) is 30.4 Å². The quantitative estimate of drug-likeness (QED) is 0.733. The molecule has 2 aromatic rings. The van der Waals surface area contributed by atoms with E-state index in [2.05, 4.69) is 37.0 Å². The summed E-state index contributed by atoms with van der Waals surface area (Å²) in [5, 5.41) is -0.0621. The van der Waals surface area contributed by atoms with Gasteiger partial charge >= 0.3 is 0 Å². The normalized spacial score (nSPS) is 13.4. The van der Waals surface area contributed by atoms with Crippen molar-refractivity contribution in [3.8, 4) is 0 Å². The number of benzene rings is 1. The molecule has 0 spiro atoms. The molecule has 0 bridgehead atoms. The minimum atomic E-state index is -0.142. The molecule has 2 rings (SSSR count). The molecule has 0 saturated carbocycles. The predicted octanol–water partition coefficient (Wildman–Crippen LogP) is 4.34. The second-order valence-corrected chi connectivity index (χ2v) is 5.17. The summed E-state index contributed by atoms with van der Waals surface area (Å²) in [6.07, 6.45) is 3.67. The van der Waals surface area contributed by atoms with Crippen molar-refractivity contribution in [3.63, 3.8) is 0 Å².